The Labute approximate surface area is 242 Å². The number of nitro groups is 1. The molecule has 2 heterocycles. The molecular formula is C30H30N4O6S. The Morgan fingerprint density at radius 3 is 2.41 bits per heavy atom. The molecule has 0 bridgehead atoms. The van der Waals surface area contributed by atoms with Crippen LogP contribution in [0.25, 0.3) is 6.08 Å². The lowest BCUT2D eigenvalue weighted by Gasteiger charge is -2.36. The van der Waals surface area contributed by atoms with Crippen molar-refractivity contribution in [2.75, 3.05) is 56.7 Å². The van der Waals surface area contributed by atoms with Crippen LogP contribution in [0, 0.1) is 10.1 Å². The van der Waals surface area contributed by atoms with Crippen molar-refractivity contribution in [3.05, 3.63) is 86.8 Å². The van der Waals surface area contributed by atoms with E-state index in [4.69, 9.17) is 9.47 Å². The molecule has 2 aliphatic heterocycles. The molecule has 0 N–H and O–H groups in total. The quantitative estimate of drug-likeness (QED) is 0.219. The van der Waals surface area contributed by atoms with Crippen molar-refractivity contribution >= 4 is 46.7 Å². The third-order valence-electron chi connectivity index (χ3n) is 7.08. The number of anilines is 2. The van der Waals surface area contributed by atoms with Crippen molar-refractivity contribution in [3.8, 4) is 11.5 Å². The second kappa shape index (κ2) is 11.9. The highest BCUT2D eigenvalue weighted by atomic mass is 32.2. The maximum Gasteiger partial charge on any atom is 0.269 e. The van der Waals surface area contributed by atoms with Gasteiger partial charge in [-0.3, -0.25) is 19.7 Å². The van der Waals surface area contributed by atoms with Gasteiger partial charge in [-0.2, -0.15) is 0 Å². The predicted molar refractivity (Wildman–Crippen MR) is 159 cm³/mol. The first-order valence-corrected chi connectivity index (χ1v) is 14.0. The number of fused-ring (bicyclic) bond motifs is 1. The van der Waals surface area contributed by atoms with Crippen LogP contribution >= 0.6 is 11.8 Å². The molecule has 10 nitrogen and oxygen atoms in total. The lowest BCUT2D eigenvalue weighted by atomic mass is 10.1. The molecule has 2 amide bonds. The molecule has 3 aromatic carbocycles. The molecule has 3 aromatic rings. The summed E-state index contributed by atoms with van der Waals surface area (Å²) < 4.78 is 11.0. The van der Waals surface area contributed by atoms with E-state index in [1.54, 1.807) is 48.2 Å². The summed E-state index contributed by atoms with van der Waals surface area (Å²) in [4.78, 5) is 44.1. The van der Waals surface area contributed by atoms with Crippen LogP contribution in [-0.4, -0.2) is 68.6 Å². The highest BCUT2D eigenvalue weighted by molar-refractivity contribution is 8.04. The number of carbonyl (C=O) groups excluding carboxylic acids is 2. The third-order valence-corrected chi connectivity index (χ3v) is 8.16. The van der Waals surface area contributed by atoms with E-state index in [0.717, 1.165) is 16.1 Å². The van der Waals surface area contributed by atoms with Crippen LogP contribution in [0.1, 0.15) is 22.8 Å². The van der Waals surface area contributed by atoms with Crippen molar-refractivity contribution in [1.29, 1.82) is 0 Å². The van der Waals surface area contributed by atoms with Gasteiger partial charge in [0.1, 0.15) is 0 Å². The molecule has 0 radical (unpaired) electrons. The highest BCUT2D eigenvalue weighted by Crippen LogP contribution is 2.42. The maximum absolute atomic E-state index is 13.4. The Morgan fingerprint density at radius 1 is 1.02 bits per heavy atom. The second-order valence-electron chi connectivity index (χ2n) is 9.55. The minimum Gasteiger partial charge on any atom is -0.493 e. The summed E-state index contributed by atoms with van der Waals surface area (Å²) in [5, 5.41) is 10.9. The molecular weight excluding hydrogens is 544 g/mol. The topological polar surface area (TPSA) is 105 Å². The van der Waals surface area contributed by atoms with Gasteiger partial charge in [0.05, 0.1) is 29.2 Å². The highest BCUT2D eigenvalue weighted by Gasteiger charge is 2.29. The van der Waals surface area contributed by atoms with E-state index in [0.29, 0.717) is 60.4 Å². The lowest BCUT2D eigenvalue weighted by molar-refractivity contribution is -0.384. The zero-order valence-corrected chi connectivity index (χ0v) is 23.8. The molecule has 0 unspecified atom stereocenters. The zero-order valence-electron chi connectivity index (χ0n) is 23.0. The van der Waals surface area contributed by atoms with E-state index in [1.165, 1.54) is 23.9 Å². The molecule has 0 aromatic heterocycles. The monoisotopic (exact) mass is 574 g/mol. The smallest absolute Gasteiger partial charge is 0.269 e. The fourth-order valence-corrected chi connectivity index (χ4v) is 5.96. The van der Waals surface area contributed by atoms with E-state index < -0.39 is 4.92 Å². The number of hydrogen-bond donors (Lipinski definition) is 0. The largest absolute Gasteiger partial charge is 0.493 e. The maximum atomic E-state index is 13.4. The number of piperazine rings is 1. The zero-order chi connectivity index (χ0) is 29.1. The van der Waals surface area contributed by atoms with Crippen molar-refractivity contribution in [2.24, 2.45) is 0 Å². The number of hydrogen-bond acceptors (Lipinski definition) is 8. The van der Waals surface area contributed by atoms with Gasteiger partial charge in [0.25, 0.3) is 17.5 Å². The fraction of sp³-hybridized carbons (Fsp3) is 0.267. The number of ether oxygens (including phenoxy) is 2. The number of carbonyl (C=O) groups is 2. The summed E-state index contributed by atoms with van der Waals surface area (Å²) in [6.07, 6.45) is 1.83. The molecule has 0 saturated carbocycles. The molecule has 5 rings (SSSR count). The molecule has 41 heavy (non-hydrogen) atoms. The third kappa shape index (κ3) is 5.85. The van der Waals surface area contributed by atoms with Gasteiger partial charge < -0.3 is 24.2 Å². The Bertz CT molecular complexity index is 1520. The average molecular weight is 575 g/mol. The Kier molecular flexibility index (Phi) is 8.16. The number of thioether (sulfide) groups is 1. The van der Waals surface area contributed by atoms with E-state index in [2.05, 4.69) is 4.90 Å². The molecule has 1 fully saturated rings. The number of rotatable bonds is 7. The summed E-state index contributed by atoms with van der Waals surface area (Å²) in [6.45, 7) is 4.71. The van der Waals surface area contributed by atoms with E-state index in [1.807, 2.05) is 37.3 Å². The van der Waals surface area contributed by atoms with Crippen molar-refractivity contribution in [2.45, 2.75) is 11.8 Å². The average Bonchev–Trinajstić information content (AvgIpc) is 3.00. The number of methoxy groups -OCH3 is 1. The van der Waals surface area contributed by atoms with Crippen LogP contribution < -0.4 is 19.3 Å². The van der Waals surface area contributed by atoms with Crippen LogP contribution in [0.3, 0.4) is 0 Å². The molecule has 0 spiro atoms. The summed E-state index contributed by atoms with van der Waals surface area (Å²) in [7, 11) is 3.29. The van der Waals surface area contributed by atoms with Gasteiger partial charge >= 0.3 is 0 Å². The van der Waals surface area contributed by atoms with Gasteiger partial charge in [-0.05, 0) is 61.0 Å². The Hall–Kier alpha value is -4.51. The fourth-order valence-electron chi connectivity index (χ4n) is 4.86. The summed E-state index contributed by atoms with van der Waals surface area (Å²) in [5.41, 5.74) is 2.97. The Morgan fingerprint density at radius 2 is 1.76 bits per heavy atom. The van der Waals surface area contributed by atoms with E-state index in [-0.39, 0.29) is 17.5 Å². The number of nitro benzene ring substituents is 1. The molecule has 11 heteroatoms. The SMILES string of the molecule is CCOc1ccc(C=C2Sc3ccc(C(=O)N4CCN(c5ccc([N+](=O)[O-])cc5)CC4)cc3N(C)C2=O)cc1OC. The number of non-ortho nitro benzene ring substituents is 1. The van der Waals surface area contributed by atoms with Gasteiger partial charge in [-0.1, -0.05) is 17.8 Å². The lowest BCUT2D eigenvalue weighted by Crippen LogP contribution is -2.48. The molecule has 0 aliphatic carbocycles. The van der Waals surface area contributed by atoms with E-state index >= 15 is 0 Å². The number of amides is 2. The van der Waals surface area contributed by atoms with Crippen molar-refractivity contribution in [1.82, 2.24) is 4.90 Å². The minimum atomic E-state index is -0.418. The van der Waals surface area contributed by atoms with Gasteiger partial charge in [-0.15, -0.1) is 0 Å². The Balaban J connectivity index is 1.28. The molecule has 2 aliphatic rings. The van der Waals surface area contributed by atoms with Crippen molar-refractivity contribution in [3.63, 3.8) is 0 Å². The first-order chi connectivity index (χ1) is 19.8. The van der Waals surface area contributed by atoms with Gasteiger partial charge in [0, 0.05) is 61.5 Å². The standard InChI is InChI=1S/C30H30N4O6S/c1-4-40-25-11-5-20(17-26(25)39-3)18-28-30(36)31(2)24-19-21(6-12-27(24)41-28)29(35)33-15-13-32(14-16-33)22-7-9-23(10-8-22)34(37)38/h5-12,17-19H,4,13-16H2,1-3H3. The van der Waals surface area contributed by atoms with Crippen LogP contribution in [0.4, 0.5) is 17.1 Å². The molecule has 1 saturated heterocycles. The summed E-state index contributed by atoms with van der Waals surface area (Å²) >= 11 is 1.37. The first kappa shape index (κ1) is 28.0. The normalized spacial score (nSPS) is 16.0. The van der Waals surface area contributed by atoms with Crippen LogP contribution in [0.5, 0.6) is 11.5 Å². The number of nitrogens with zero attached hydrogens (tertiary/aromatic N) is 4. The first-order valence-electron chi connectivity index (χ1n) is 13.2. The van der Waals surface area contributed by atoms with Gasteiger partial charge in [0.15, 0.2) is 11.5 Å². The number of likely N-dealkylation sites (N-methyl/N-ethyl adjacent to an activating group) is 1. The van der Waals surface area contributed by atoms with Gasteiger partial charge in [0.2, 0.25) is 0 Å². The van der Waals surface area contributed by atoms with Crippen LogP contribution in [0.2, 0.25) is 0 Å². The van der Waals surface area contributed by atoms with Crippen LogP contribution in [0.15, 0.2) is 70.5 Å². The summed E-state index contributed by atoms with van der Waals surface area (Å²) in [5.74, 6) is 0.994. The molecule has 0 atom stereocenters. The van der Waals surface area contributed by atoms with Crippen LogP contribution in [-0.2, 0) is 4.79 Å². The second-order valence-corrected chi connectivity index (χ2v) is 10.6. The van der Waals surface area contributed by atoms with Crippen molar-refractivity contribution < 1.29 is 24.0 Å². The minimum absolute atomic E-state index is 0.0515. The van der Waals surface area contributed by atoms with Gasteiger partial charge in [-0.25, -0.2) is 0 Å². The number of benzene rings is 3. The summed E-state index contributed by atoms with van der Waals surface area (Å²) in [6, 6.07) is 17.5. The van der Waals surface area contributed by atoms with E-state index in [9.17, 15) is 19.7 Å². The molecule has 212 valence electrons. The predicted octanol–water partition coefficient (Wildman–Crippen LogP) is 5.07.